The summed E-state index contributed by atoms with van der Waals surface area (Å²) in [7, 11) is 0. The van der Waals surface area contributed by atoms with Gasteiger partial charge < -0.3 is 34.8 Å². The number of urea groups is 1. The summed E-state index contributed by atoms with van der Waals surface area (Å²) in [5.74, 6) is 1.54. The first-order valence-corrected chi connectivity index (χ1v) is 15.2. The highest BCUT2D eigenvalue weighted by Crippen LogP contribution is 2.34. The molecule has 10 heteroatoms. The van der Waals surface area contributed by atoms with Crippen molar-refractivity contribution >= 4 is 17.6 Å². The molecule has 2 aliphatic heterocycles. The number of β-amino-alcohol motifs (C(OH)–C–C–N with tert-alkyl or cyclic N) is 1. The highest BCUT2D eigenvalue weighted by atomic mass is 19.1. The number of aliphatic hydroxyl groups is 2. The van der Waals surface area contributed by atoms with E-state index in [2.05, 4.69) is 19.2 Å². The molecular formula is C34H40FN3O6. The smallest absolute Gasteiger partial charge is 0.321 e. The zero-order chi connectivity index (χ0) is 31.3. The van der Waals surface area contributed by atoms with Crippen molar-refractivity contribution in [3.05, 3.63) is 78.1 Å². The van der Waals surface area contributed by atoms with Crippen molar-refractivity contribution in [3.8, 4) is 23.0 Å². The molecule has 0 atom stereocenters. The summed E-state index contributed by atoms with van der Waals surface area (Å²) in [4.78, 5) is 29.1. The number of piperidine rings is 1. The number of rotatable bonds is 10. The van der Waals surface area contributed by atoms with E-state index in [1.807, 2.05) is 0 Å². The van der Waals surface area contributed by atoms with Gasteiger partial charge in [0.1, 0.15) is 28.8 Å². The normalized spacial score (nSPS) is 16.4. The van der Waals surface area contributed by atoms with Crippen LogP contribution in [0.15, 0.2) is 66.7 Å². The Balaban J connectivity index is 1.29. The van der Waals surface area contributed by atoms with Gasteiger partial charge in [0, 0.05) is 55.6 Å². The highest BCUT2D eigenvalue weighted by molar-refractivity contribution is 5.95. The number of nitrogens with zero attached hydrogens (tertiary/aromatic N) is 2. The first-order chi connectivity index (χ1) is 21.1. The van der Waals surface area contributed by atoms with Gasteiger partial charge in [0.2, 0.25) is 0 Å². The first-order valence-electron chi connectivity index (χ1n) is 15.2. The Bertz CT molecular complexity index is 1430. The van der Waals surface area contributed by atoms with Gasteiger partial charge in [-0.1, -0.05) is 26.7 Å². The Labute approximate surface area is 257 Å². The minimum absolute atomic E-state index is 0.159. The number of benzene rings is 3. The van der Waals surface area contributed by atoms with Crippen LogP contribution in [0.5, 0.6) is 23.0 Å². The van der Waals surface area contributed by atoms with Crippen LogP contribution < -0.4 is 14.8 Å². The van der Waals surface area contributed by atoms with Gasteiger partial charge in [0.05, 0.1) is 11.7 Å². The number of carbonyl (C=O) groups is 2. The minimum Gasteiger partial charge on any atom is -0.457 e. The third-order valence-corrected chi connectivity index (χ3v) is 8.47. The van der Waals surface area contributed by atoms with Crippen molar-refractivity contribution < 1.29 is 33.7 Å². The molecule has 44 heavy (non-hydrogen) atoms. The number of halogens is 1. The number of ether oxygens (including phenoxy) is 2. The minimum atomic E-state index is -0.756. The summed E-state index contributed by atoms with van der Waals surface area (Å²) >= 11 is 0. The van der Waals surface area contributed by atoms with Gasteiger partial charge in [0.15, 0.2) is 0 Å². The largest absolute Gasteiger partial charge is 0.457 e. The van der Waals surface area contributed by atoms with Gasteiger partial charge in [-0.3, -0.25) is 4.79 Å². The second-order valence-electron chi connectivity index (χ2n) is 11.8. The lowest BCUT2D eigenvalue weighted by Gasteiger charge is -2.39. The third-order valence-electron chi connectivity index (χ3n) is 8.47. The third kappa shape index (κ3) is 7.86. The van der Waals surface area contributed by atoms with Crippen LogP contribution in [0.4, 0.5) is 14.9 Å². The fourth-order valence-corrected chi connectivity index (χ4v) is 5.65. The Kier molecular flexibility index (Phi) is 9.71. The van der Waals surface area contributed by atoms with Gasteiger partial charge in [0.25, 0.3) is 5.91 Å². The molecule has 2 saturated heterocycles. The lowest BCUT2D eigenvalue weighted by atomic mass is 9.81. The Morgan fingerprint density at radius 3 is 1.95 bits per heavy atom. The quantitative estimate of drug-likeness (QED) is 0.246. The molecule has 2 heterocycles. The average Bonchev–Trinajstić information content (AvgIpc) is 2.99. The Morgan fingerprint density at radius 2 is 1.43 bits per heavy atom. The molecule has 234 valence electrons. The number of likely N-dealkylation sites (tertiary alicyclic amines) is 2. The van der Waals surface area contributed by atoms with Crippen molar-refractivity contribution in [2.75, 3.05) is 31.5 Å². The number of hydrogen-bond acceptors (Lipinski definition) is 6. The molecule has 0 saturated carbocycles. The van der Waals surface area contributed by atoms with Crippen molar-refractivity contribution in [1.29, 1.82) is 0 Å². The summed E-state index contributed by atoms with van der Waals surface area (Å²) in [6, 6.07) is 16.9. The van der Waals surface area contributed by atoms with Gasteiger partial charge >= 0.3 is 6.03 Å². The highest BCUT2D eigenvalue weighted by Gasteiger charge is 2.35. The maximum atomic E-state index is 13.4. The average molecular weight is 606 g/mol. The van der Waals surface area contributed by atoms with E-state index in [1.54, 1.807) is 52.3 Å². The number of hydrogen-bond donors (Lipinski definition) is 3. The van der Waals surface area contributed by atoms with E-state index < -0.39 is 11.7 Å². The fourth-order valence-electron chi connectivity index (χ4n) is 5.65. The molecule has 2 fully saturated rings. The van der Waals surface area contributed by atoms with Crippen LogP contribution >= 0.6 is 0 Å². The van der Waals surface area contributed by atoms with Crippen LogP contribution in [-0.2, 0) is 0 Å². The molecule has 3 aromatic carbocycles. The topological polar surface area (TPSA) is 112 Å². The summed E-state index contributed by atoms with van der Waals surface area (Å²) in [5, 5.41) is 23.5. The lowest BCUT2D eigenvalue weighted by molar-refractivity contribution is -0.0309. The molecule has 0 unspecified atom stereocenters. The van der Waals surface area contributed by atoms with Crippen LogP contribution in [0.25, 0.3) is 0 Å². The van der Waals surface area contributed by atoms with E-state index in [0.717, 1.165) is 19.3 Å². The van der Waals surface area contributed by atoms with Crippen molar-refractivity contribution in [3.63, 3.8) is 0 Å². The molecule has 3 N–H and O–H groups in total. The fraction of sp³-hybridized carbons (Fsp3) is 0.412. The second-order valence-corrected chi connectivity index (χ2v) is 11.8. The summed E-state index contributed by atoms with van der Waals surface area (Å²) < 4.78 is 25.5. The van der Waals surface area contributed by atoms with Crippen LogP contribution in [0.2, 0.25) is 0 Å². The lowest BCUT2D eigenvalue weighted by Crippen LogP contribution is -2.53. The molecule has 0 bridgehead atoms. The van der Waals surface area contributed by atoms with E-state index in [9.17, 15) is 24.2 Å². The number of nitrogens with one attached hydrogen (secondary N) is 1. The van der Waals surface area contributed by atoms with Crippen molar-refractivity contribution in [1.82, 2.24) is 9.80 Å². The van der Waals surface area contributed by atoms with Crippen LogP contribution in [0, 0.1) is 11.7 Å². The van der Waals surface area contributed by atoms with E-state index >= 15 is 0 Å². The molecule has 0 aliphatic carbocycles. The second kappa shape index (κ2) is 13.7. The van der Waals surface area contributed by atoms with E-state index in [0.29, 0.717) is 79.2 Å². The van der Waals surface area contributed by atoms with Crippen LogP contribution in [0.1, 0.15) is 56.3 Å². The molecule has 0 radical (unpaired) electrons. The maximum Gasteiger partial charge on any atom is 0.321 e. The summed E-state index contributed by atoms with van der Waals surface area (Å²) in [6.45, 7) is 5.82. The SMILES string of the molecule is CCC(CC)CC1(O)CCN(C(=O)Nc2cc(Oc3ccc(F)cc3)cc(Oc3ccc(C(=O)N4CC(O)C4)cc3)c2)CC1. The molecule has 0 aromatic heterocycles. The number of carbonyl (C=O) groups excluding carboxylic acids is 2. The van der Waals surface area contributed by atoms with E-state index in [4.69, 9.17) is 9.47 Å². The van der Waals surface area contributed by atoms with E-state index in [1.165, 1.54) is 24.3 Å². The number of amides is 3. The van der Waals surface area contributed by atoms with E-state index in [-0.39, 0.29) is 17.8 Å². The van der Waals surface area contributed by atoms with Gasteiger partial charge in [-0.15, -0.1) is 0 Å². The standard InChI is InChI=1S/C34H40FN3O6/c1-3-23(4-2)20-34(42)13-15-37(16-14-34)33(41)36-26-17-30(19-31(18-26)44-29-11-7-25(35)8-12-29)43-28-9-5-24(6-10-28)32(40)38-21-27(39)22-38/h5-12,17-19,23,27,39,42H,3-4,13-16,20-22H2,1-2H3,(H,36,41). The molecular weight excluding hydrogens is 565 g/mol. The summed E-state index contributed by atoms with van der Waals surface area (Å²) in [6.07, 6.45) is 3.37. The van der Waals surface area contributed by atoms with Gasteiger partial charge in [-0.25, -0.2) is 9.18 Å². The Hall–Kier alpha value is -4.15. The van der Waals surface area contributed by atoms with Crippen LogP contribution in [0.3, 0.4) is 0 Å². The molecule has 0 spiro atoms. The Morgan fingerprint density at radius 1 is 0.886 bits per heavy atom. The molecule has 3 amide bonds. The zero-order valence-electron chi connectivity index (χ0n) is 25.2. The molecule has 5 rings (SSSR count). The zero-order valence-corrected chi connectivity index (χ0v) is 25.2. The van der Waals surface area contributed by atoms with Gasteiger partial charge in [-0.05, 0) is 73.7 Å². The molecule has 3 aromatic rings. The molecule has 9 nitrogen and oxygen atoms in total. The number of anilines is 1. The monoisotopic (exact) mass is 605 g/mol. The summed E-state index contributed by atoms with van der Waals surface area (Å²) in [5.41, 5.74) is 0.165. The first kappa shape index (κ1) is 31.3. The number of aliphatic hydroxyl groups excluding tert-OH is 1. The van der Waals surface area contributed by atoms with Crippen molar-refractivity contribution in [2.24, 2.45) is 5.92 Å². The van der Waals surface area contributed by atoms with Crippen molar-refractivity contribution in [2.45, 2.75) is 57.7 Å². The predicted octanol–water partition coefficient (Wildman–Crippen LogP) is 6.41. The predicted molar refractivity (Wildman–Crippen MR) is 165 cm³/mol. The van der Waals surface area contributed by atoms with Crippen LogP contribution in [-0.4, -0.2) is 69.8 Å². The maximum absolute atomic E-state index is 13.4. The van der Waals surface area contributed by atoms with Gasteiger partial charge in [-0.2, -0.15) is 0 Å². The molecule has 2 aliphatic rings.